The van der Waals surface area contributed by atoms with Crippen LogP contribution < -0.4 is 47.2 Å². The van der Waals surface area contributed by atoms with Gasteiger partial charge in [0.15, 0.2) is 5.13 Å². The molecule has 24 heteroatoms. The molecule has 6 rings (SSSR count). The zero-order valence-corrected chi connectivity index (χ0v) is 52.5. The van der Waals surface area contributed by atoms with Crippen LogP contribution in [0.25, 0.3) is 0 Å². The molecule has 0 radical (unpaired) electrons. The first-order chi connectivity index (χ1) is 41.9. The van der Waals surface area contributed by atoms with E-state index in [-0.39, 0.29) is 48.6 Å². The van der Waals surface area contributed by atoms with Crippen LogP contribution in [0.4, 0.5) is 15.6 Å². The Morgan fingerprint density at radius 3 is 2.20 bits per heavy atom. The number of likely N-dealkylation sites (N-methyl/N-ethyl adjacent to an activating group) is 2. The lowest BCUT2D eigenvalue weighted by molar-refractivity contribution is -0.143. The Bertz CT molecular complexity index is 2530. The maximum atomic E-state index is 14.1. The van der Waals surface area contributed by atoms with Gasteiger partial charge in [-0.25, -0.2) is 25.6 Å². The van der Waals surface area contributed by atoms with E-state index < -0.39 is 12.1 Å². The summed E-state index contributed by atoms with van der Waals surface area (Å²) in [6, 6.07) is 24.2. The van der Waals surface area contributed by atoms with Crippen LogP contribution in [0, 0.1) is 5.92 Å². The van der Waals surface area contributed by atoms with Gasteiger partial charge in [0.1, 0.15) is 24.1 Å². The number of carbonyl (C=O) groups excluding carboxylic acids is 4. The lowest BCUT2D eigenvalue weighted by atomic mass is 9.91. The third-order valence-electron chi connectivity index (χ3n) is 15.3. The first-order valence-corrected chi connectivity index (χ1v) is 31.4. The lowest BCUT2D eigenvalue weighted by Crippen LogP contribution is -2.56. The quantitative estimate of drug-likeness (QED) is 0.0228. The largest absolute Gasteiger partial charge is 0.494 e. The molecule has 2 aliphatic rings. The van der Waals surface area contributed by atoms with Crippen molar-refractivity contribution in [2.75, 3.05) is 157 Å². The second kappa shape index (κ2) is 39.8. The summed E-state index contributed by atoms with van der Waals surface area (Å²) < 4.78 is 34.6. The normalized spacial score (nSPS) is 16.2. The van der Waals surface area contributed by atoms with E-state index >= 15 is 0 Å². The maximum Gasteiger partial charge on any atom is 0.325 e. The standard InChI is InChI=1S/C62H97N13O10S/c1-7-51(69-70-64-27-38-82-42-43-85-55-23-19-52(20-24-55)66-61(79)68-62-67-53(47-86-62)44-58(77)74-32-30-72(4)31-33-74)26-37-81-40-41-83-39-34-71(3)28-11-12-36-84-54-21-16-49(17-22-54)18-25-57(76)75(29-13-35-80-6)59(56-46-65-73(5)48(56)2)60(78)63-45-50-14-9-8-10-15-50/h8-10,14-17,19-24,47-48,51,56,59,64-65,69-70H,7,11-13,18,25-46H2,1-6H3,(H,63,78)(H2,66,67,68,79). The predicted octanol–water partition coefficient (Wildman–Crippen LogP) is 5.03. The van der Waals surface area contributed by atoms with E-state index in [0.29, 0.717) is 134 Å². The summed E-state index contributed by atoms with van der Waals surface area (Å²) in [7, 11) is 7.79. The fourth-order valence-electron chi connectivity index (χ4n) is 9.88. The molecule has 23 nitrogen and oxygen atoms in total. The van der Waals surface area contributed by atoms with Gasteiger partial charge in [-0.2, -0.15) is 5.53 Å². The van der Waals surface area contributed by atoms with E-state index in [1.165, 1.54) is 11.3 Å². The molecule has 86 heavy (non-hydrogen) atoms. The zero-order valence-electron chi connectivity index (χ0n) is 51.7. The maximum absolute atomic E-state index is 14.1. The van der Waals surface area contributed by atoms with Crippen molar-refractivity contribution in [3.8, 4) is 11.5 Å². The molecule has 7 N–H and O–H groups in total. The number of hydrazine groups is 3. The first kappa shape index (κ1) is 69.2. The summed E-state index contributed by atoms with van der Waals surface area (Å²) in [5.41, 5.74) is 16.2. The number of amides is 5. The van der Waals surface area contributed by atoms with Crippen molar-refractivity contribution in [3.05, 3.63) is 101 Å². The highest BCUT2D eigenvalue weighted by atomic mass is 32.1. The number of carbonyl (C=O) groups is 4. The van der Waals surface area contributed by atoms with Crippen molar-refractivity contribution in [1.82, 2.24) is 56.7 Å². The van der Waals surface area contributed by atoms with E-state index in [1.54, 1.807) is 41.7 Å². The summed E-state index contributed by atoms with van der Waals surface area (Å²) in [4.78, 5) is 65.9. The van der Waals surface area contributed by atoms with Crippen LogP contribution in [0.5, 0.6) is 11.5 Å². The Balaban J connectivity index is 0.721. The highest BCUT2D eigenvalue weighted by molar-refractivity contribution is 7.14. The van der Waals surface area contributed by atoms with Crippen molar-refractivity contribution in [2.45, 2.75) is 89.9 Å². The molecule has 2 aliphatic heterocycles. The molecule has 476 valence electrons. The molecule has 0 saturated carbocycles. The Labute approximate surface area is 513 Å². The van der Waals surface area contributed by atoms with Crippen LogP contribution in [-0.4, -0.2) is 218 Å². The van der Waals surface area contributed by atoms with Gasteiger partial charge in [0, 0.05) is 122 Å². The number of aryl methyl sites for hydroxylation is 1. The van der Waals surface area contributed by atoms with Gasteiger partial charge in [-0.15, -0.1) is 11.3 Å². The van der Waals surface area contributed by atoms with Crippen LogP contribution in [0.15, 0.2) is 84.2 Å². The highest BCUT2D eigenvalue weighted by Crippen LogP contribution is 2.26. The summed E-state index contributed by atoms with van der Waals surface area (Å²) in [5.74, 6) is 1.25. The SMILES string of the molecule is CCC(CCOCCOCCN(C)CCCCOc1ccc(CCC(=O)N(CCCOC)C(C(=O)NCc2ccccc2)C2CNN(C)C2C)cc1)NNNCCOCCOc1ccc(NC(=O)Nc2nc(CC(=O)N3CCN(C)CC3)cs2)cc1. The predicted molar refractivity (Wildman–Crippen MR) is 336 cm³/mol. The molecule has 4 unspecified atom stereocenters. The van der Waals surface area contributed by atoms with Crippen LogP contribution in [0.2, 0.25) is 0 Å². The Hall–Kier alpha value is -5.87. The second-order valence-corrected chi connectivity index (χ2v) is 22.7. The molecule has 0 aliphatic carbocycles. The molecule has 4 atom stereocenters. The number of thiazole rings is 1. The summed E-state index contributed by atoms with van der Waals surface area (Å²) in [6.07, 6.45) is 5.41. The minimum absolute atomic E-state index is 0.0439. The van der Waals surface area contributed by atoms with Crippen LogP contribution in [0.1, 0.15) is 69.2 Å². The molecule has 2 saturated heterocycles. The number of ether oxygens (including phenoxy) is 6. The number of hydrogen-bond acceptors (Lipinski definition) is 19. The molecule has 4 aromatic rings. The molecule has 0 bridgehead atoms. The monoisotopic (exact) mass is 1220 g/mol. The molecule has 1 aromatic heterocycles. The average Bonchev–Trinajstić information content (AvgIpc) is 3.75. The summed E-state index contributed by atoms with van der Waals surface area (Å²) in [5, 5.41) is 12.9. The zero-order chi connectivity index (χ0) is 61.1. The van der Waals surface area contributed by atoms with Crippen molar-refractivity contribution in [1.29, 1.82) is 0 Å². The molecular weight excluding hydrogens is 1120 g/mol. The number of rotatable bonds is 42. The Morgan fingerprint density at radius 1 is 0.767 bits per heavy atom. The van der Waals surface area contributed by atoms with E-state index in [9.17, 15) is 19.2 Å². The third-order valence-corrected chi connectivity index (χ3v) is 16.2. The first-order valence-electron chi connectivity index (χ1n) is 30.5. The molecule has 0 spiro atoms. The van der Waals surface area contributed by atoms with E-state index in [4.69, 9.17) is 28.4 Å². The number of unbranched alkanes of at least 4 members (excludes halogenated alkanes) is 1. The summed E-state index contributed by atoms with van der Waals surface area (Å²) in [6.45, 7) is 16.0. The van der Waals surface area contributed by atoms with Gasteiger partial charge in [0.05, 0.1) is 51.8 Å². The van der Waals surface area contributed by atoms with Gasteiger partial charge in [0.2, 0.25) is 17.7 Å². The van der Waals surface area contributed by atoms with E-state index in [1.807, 2.05) is 71.6 Å². The van der Waals surface area contributed by atoms with Gasteiger partial charge in [-0.3, -0.25) is 25.1 Å². The lowest BCUT2D eigenvalue weighted by Gasteiger charge is -2.36. The van der Waals surface area contributed by atoms with Gasteiger partial charge in [-0.1, -0.05) is 49.4 Å². The van der Waals surface area contributed by atoms with E-state index in [2.05, 4.69) is 80.5 Å². The number of aromatic nitrogens is 1. The van der Waals surface area contributed by atoms with Crippen LogP contribution >= 0.6 is 11.3 Å². The van der Waals surface area contributed by atoms with Crippen molar-refractivity contribution >= 4 is 45.9 Å². The number of piperazine rings is 1. The number of nitrogens with one attached hydrogen (secondary N) is 7. The highest BCUT2D eigenvalue weighted by Gasteiger charge is 2.43. The summed E-state index contributed by atoms with van der Waals surface area (Å²) >= 11 is 1.29. The topological polar surface area (TPSA) is 237 Å². The van der Waals surface area contributed by atoms with Crippen molar-refractivity contribution < 1.29 is 47.6 Å². The molecular formula is C62H97N13O10S. The fraction of sp³-hybridized carbons (Fsp3) is 0.597. The Kier molecular flexibility index (Phi) is 32.1. The van der Waals surface area contributed by atoms with Crippen LogP contribution in [-0.2, 0) is 52.7 Å². The molecule has 2 fully saturated rings. The minimum atomic E-state index is -0.626. The molecule has 3 heterocycles. The smallest absolute Gasteiger partial charge is 0.325 e. The number of urea groups is 1. The van der Waals surface area contributed by atoms with Gasteiger partial charge in [0.25, 0.3) is 0 Å². The van der Waals surface area contributed by atoms with E-state index in [0.717, 1.165) is 68.7 Å². The molecule has 3 aromatic carbocycles. The number of hydrogen-bond donors (Lipinski definition) is 7. The second-order valence-electron chi connectivity index (χ2n) is 21.8. The van der Waals surface area contributed by atoms with Gasteiger partial charge in [-0.05, 0) is 114 Å². The minimum Gasteiger partial charge on any atom is -0.494 e. The van der Waals surface area contributed by atoms with Crippen molar-refractivity contribution in [2.24, 2.45) is 5.92 Å². The molecule has 5 amide bonds. The number of methoxy groups -OCH3 is 1. The average molecular weight is 1220 g/mol. The van der Waals surface area contributed by atoms with Gasteiger partial charge >= 0.3 is 6.03 Å². The number of anilines is 2. The van der Waals surface area contributed by atoms with Crippen molar-refractivity contribution in [3.63, 3.8) is 0 Å². The third kappa shape index (κ3) is 25.8. The Morgan fingerprint density at radius 2 is 1.48 bits per heavy atom. The number of benzene rings is 3. The fourth-order valence-corrected chi connectivity index (χ4v) is 10.6. The van der Waals surface area contributed by atoms with Gasteiger partial charge < -0.3 is 58.7 Å². The number of nitrogens with zero attached hydrogens (tertiary/aromatic N) is 6. The van der Waals surface area contributed by atoms with Crippen LogP contribution in [0.3, 0.4) is 0 Å².